The second-order valence-corrected chi connectivity index (χ2v) is 13.6. The summed E-state index contributed by atoms with van der Waals surface area (Å²) in [6, 6.07) is 0. The minimum absolute atomic E-state index is 0.110. The number of ketones is 1. The van der Waals surface area contributed by atoms with Crippen LogP contribution in [0.1, 0.15) is 73.1 Å². The second-order valence-electron chi connectivity index (χ2n) is 13.6. The van der Waals surface area contributed by atoms with Crippen molar-refractivity contribution in [1.82, 2.24) is 10.2 Å². The summed E-state index contributed by atoms with van der Waals surface area (Å²) in [5.74, 6) is 2.33. The number of aliphatic hydroxyl groups excluding tert-OH is 1. The summed E-state index contributed by atoms with van der Waals surface area (Å²) in [7, 11) is 0. The number of alkyl carbamates (subject to hydrolysis) is 1. The third-order valence-electron chi connectivity index (χ3n) is 12.2. The molecule has 5 aliphatic rings. The third-order valence-corrected chi connectivity index (χ3v) is 12.2. The molecule has 0 spiro atoms. The van der Waals surface area contributed by atoms with Crippen molar-refractivity contribution in [3.8, 4) is 12.3 Å². The Kier molecular flexibility index (Phi) is 6.55. The van der Waals surface area contributed by atoms with Crippen molar-refractivity contribution in [2.24, 2.45) is 51.8 Å². The van der Waals surface area contributed by atoms with E-state index in [1.54, 1.807) is 0 Å². The van der Waals surface area contributed by atoms with Crippen molar-refractivity contribution in [2.45, 2.75) is 85.4 Å². The van der Waals surface area contributed by atoms with Gasteiger partial charge in [0.05, 0.1) is 12.0 Å². The molecule has 37 heavy (non-hydrogen) atoms. The van der Waals surface area contributed by atoms with Crippen molar-refractivity contribution < 1.29 is 24.2 Å². The quantitative estimate of drug-likeness (QED) is 0.561. The molecule has 2 heterocycles. The largest absolute Gasteiger partial charge is 0.445 e. The number of carbonyl (C=O) groups is 3. The summed E-state index contributed by atoms with van der Waals surface area (Å²) < 4.78 is 6.21. The zero-order chi connectivity index (χ0) is 26.9. The van der Waals surface area contributed by atoms with E-state index in [-0.39, 0.29) is 46.7 Å². The van der Waals surface area contributed by atoms with Gasteiger partial charge in [-0.25, -0.2) is 4.79 Å². The molecule has 7 nitrogen and oxygen atoms in total. The van der Waals surface area contributed by atoms with Crippen LogP contribution in [-0.4, -0.2) is 59.6 Å². The zero-order valence-corrected chi connectivity index (χ0v) is 23.1. The molecule has 0 aromatic rings. The molecule has 0 radical (unpaired) electrons. The molecule has 3 aliphatic carbocycles. The standard InChI is InChI=1S/C30H44N2O5/c1-7-17(2)28(5)14-23(37-27(36)31-26(35)21-16-32-13-10-20(21)15-32)29(6)18(3)8-11-30(19(4)25(28)34)12-9-22(33)24(29)30/h1,17-21,23-25,34H,8-16H2,2-6H3,(H,31,35,36)/t17?,18-,19+,20-,21+,23-,24?,25+,28+,29+,30?/m1/s1. The van der Waals surface area contributed by atoms with Crippen LogP contribution in [0.3, 0.4) is 0 Å². The lowest BCUT2D eigenvalue weighted by atomic mass is 9.43. The summed E-state index contributed by atoms with van der Waals surface area (Å²) in [6.07, 6.45) is 8.09. The highest BCUT2D eigenvalue weighted by molar-refractivity contribution is 5.93. The maximum Gasteiger partial charge on any atom is 0.414 e. The van der Waals surface area contributed by atoms with Crippen LogP contribution in [-0.2, 0) is 14.3 Å². The van der Waals surface area contributed by atoms with E-state index in [1.165, 1.54) is 0 Å². The van der Waals surface area contributed by atoms with E-state index in [4.69, 9.17) is 11.2 Å². The summed E-state index contributed by atoms with van der Waals surface area (Å²) in [5.41, 5.74) is -1.68. The molecule has 2 aliphatic heterocycles. The molecule has 2 saturated heterocycles. The molecule has 2 N–H and O–H groups in total. The summed E-state index contributed by atoms with van der Waals surface area (Å²) in [6.45, 7) is 12.9. The number of imide groups is 1. The molecule has 4 bridgehead atoms. The molecule has 5 rings (SSSR count). The van der Waals surface area contributed by atoms with Crippen LogP contribution in [0.15, 0.2) is 0 Å². The number of ether oxygens (including phenoxy) is 1. The highest BCUT2D eigenvalue weighted by atomic mass is 16.6. The number of hydrogen-bond acceptors (Lipinski definition) is 6. The molecule has 0 aromatic carbocycles. The van der Waals surface area contributed by atoms with E-state index in [0.717, 1.165) is 38.8 Å². The van der Waals surface area contributed by atoms with Gasteiger partial charge >= 0.3 is 6.09 Å². The van der Waals surface area contributed by atoms with Crippen LogP contribution in [0, 0.1) is 64.1 Å². The SMILES string of the molecule is C#CC(C)[C@]1(C)C[C@@H](OC(=O)NC(=O)[C@H]2CN3CC[C@@H]2C3)[C@@]2(C)C3C(=O)CCC3(CC[C@H]2C)[C@@H](C)[C@@H]1O. The van der Waals surface area contributed by atoms with Gasteiger partial charge in [-0.1, -0.05) is 34.6 Å². The maximum absolute atomic E-state index is 13.6. The summed E-state index contributed by atoms with van der Waals surface area (Å²) in [5, 5.41) is 14.4. The molecule has 7 heteroatoms. The molecule has 204 valence electrons. The number of fused-ring (bicyclic) bond motifs is 2. The van der Waals surface area contributed by atoms with Gasteiger partial charge < -0.3 is 14.7 Å². The van der Waals surface area contributed by atoms with Gasteiger partial charge in [-0.15, -0.1) is 12.3 Å². The first-order valence-electron chi connectivity index (χ1n) is 14.3. The van der Waals surface area contributed by atoms with Gasteiger partial charge in [0, 0.05) is 42.2 Å². The van der Waals surface area contributed by atoms with Crippen LogP contribution >= 0.6 is 0 Å². The lowest BCUT2D eigenvalue weighted by molar-refractivity contribution is -0.202. The fourth-order valence-electron chi connectivity index (χ4n) is 9.35. The van der Waals surface area contributed by atoms with Gasteiger partial charge in [0.25, 0.3) is 0 Å². The van der Waals surface area contributed by atoms with Crippen LogP contribution in [0.4, 0.5) is 4.79 Å². The minimum atomic E-state index is -0.748. The number of terminal acetylenes is 1. The van der Waals surface area contributed by atoms with Crippen LogP contribution < -0.4 is 5.32 Å². The van der Waals surface area contributed by atoms with Gasteiger partial charge in [0.1, 0.15) is 11.9 Å². The second kappa shape index (κ2) is 9.09. The predicted octanol–water partition coefficient (Wildman–Crippen LogP) is 3.64. The van der Waals surface area contributed by atoms with Crippen molar-refractivity contribution in [3.05, 3.63) is 0 Å². The molecular weight excluding hydrogens is 468 g/mol. The molecule has 3 saturated carbocycles. The van der Waals surface area contributed by atoms with Crippen molar-refractivity contribution in [2.75, 3.05) is 19.6 Å². The number of nitrogens with zero attached hydrogens (tertiary/aromatic N) is 1. The Hall–Kier alpha value is -1.91. The average Bonchev–Trinajstić information content (AvgIpc) is 3.59. The van der Waals surface area contributed by atoms with Crippen LogP contribution in [0.25, 0.3) is 0 Å². The Morgan fingerprint density at radius 2 is 1.95 bits per heavy atom. The summed E-state index contributed by atoms with van der Waals surface area (Å²) in [4.78, 5) is 42.2. The lowest BCUT2D eigenvalue weighted by Gasteiger charge is -2.62. The van der Waals surface area contributed by atoms with E-state index in [2.05, 4.69) is 36.9 Å². The number of hydrogen-bond donors (Lipinski definition) is 2. The van der Waals surface area contributed by atoms with E-state index in [1.807, 2.05) is 13.8 Å². The van der Waals surface area contributed by atoms with Gasteiger partial charge in [0.15, 0.2) is 0 Å². The van der Waals surface area contributed by atoms with Crippen LogP contribution in [0.2, 0.25) is 0 Å². The van der Waals surface area contributed by atoms with E-state index in [0.29, 0.717) is 25.3 Å². The first-order chi connectivity index (χ1) is 17.4. The van der Waals surface area contributed by atoms with Crippen LogP contribution in [0.5, 0.6) is 0 Å². The normalized spacial score (nSPS) is 49.4. The van der Waals surface area contributed by atoms with Gasteiger partial charge in [-0.3, -0.25) is 14.9 Å². The fourth-order valence-corrected chi connectivity index (χ4v) is 9.35. The van der Waals surface area contributed by atoms with E-state index >= 15 is 0 Å². The summed E-state index contributed by atoms with van der Waals surface area (Å²) >= 11 is 0. The molecule has 5 fully saturated rings. The first kappa shape index (κ1) is 26.7. The Bertz CT molecular complexity index is 1020. The Balaban J connectivity index is 1.49. The van der Waals surface area contributed by atoms with E-state index < -0.39 is 29.1 Å². The fraction of sp³-hybridized carbons (Fsp3) is 0.833. The highest BCUT2D eigenvalue weighted by Crippen LogP contribution is 2.68. The number of carbonyl (C=O) groups excluding carboxylic acids is 3. The lowest BCUT2D eigenvalue weighted by Crippen LogP contribution is -2.64. The zero-order valence-electron chi connectivity index (χ0n) is 23.1. The number of rotatable bonds is 3. The monoisotopic (exact) mass is 512 g/mol. The third kappa shape index (κ3) is 3.80. The van der Waals surface area contributed by atoms with Crippen molar-refractivity contribution in [1.29, 1.82) is 0 Å². The molecule has 0 aromatic heterocycles. The molecule has 12 atom stereocenters. The predicted molar refractivity (Wildman–Crippen MR) is 139 cm³/mol. The van der Waals surface area contributed by atoms with Crippen molar-refractivity contribution in [3.63, 3.8) is 0 Å². The average molecular weight is 513 g/mol. The number of nitrogens with one attached hydrogen (secondary N) is 1. The van der Waals surface area contributed by atoms with Crippen molar-refractivity contribution >= 4 is 17.8 Å². The van der Waals surface area contributed by atoms with Gasteiger partial charge in [-0.05, 0) is 61.8 Å². The number of aliphatic hydroxyl groups is 1. The molecule has 2 amide bonds. The smallest absolute Gasteiger partial charge is 0.414 e. The maximum atomic E-state index is 13.6. The topological polar surface area (TPSA) is 95.9 Å². The van der Waals surface area contributed by atoms with Gasteiger partial charge in [-0.2, -0.15) is 0 Å². The number of amides is 2. The molecule has 4 unspecified atom stereocenters. The number of piperidine rings is 1. The Morgan fingerprint density at radius 1 is 1.22 bits per heavy atom. The highest BCUT2D eigenvalue weighted by Gasteiger charge is 2.69. The Morgan fingerprint density at radius 3 is 2.57 bits per heavy atom. The molecular formula is C30H44N2O5. The Labute approximate surface area is 221 Å². The van der Waals surface area contributed by atoms with E-state index in [9.17, 15) is 19.5 Å². The minimum Gasteiger partial charge on any atom is -0.445 e. The number of Topliss-reactive ketones (excluding diaryl/α,β-unsaturated/α-hetero) is 1. The first-order valence-corrected chi connectivity index (χ1v) is 14.3. The van der Waals surface area contributed by atoms with Gasteiger partial charge in [0.2, 0.25) is 5.91 Å².